The van der Waals surface area contributed by atoms with Gasteiger partial charge in [0, 0.05) is 6.54 Å². The third-order valence-corrected chi connectivity index (χ3v) is 7.38. The molecule has 1 aromatic heterocycles. The van der Waals surface area contributed by atoms with Crippen molar-refractivity contribution in [1.29, 1.82) is 0 Å². The number of sulfonamides is 1. The highest BCUT2D eigenvalue weighted by Crippen LogP contribution is 2.30. The molecule has 6 nitrogen and oxygen atoms in total. The fraction of sp³-hybridized carbons (Fsp3) is 0.222. The summed E-state index contributed by atoms with van der Waals surface area (Å²) in [7, 11) is -3.94. The fourth-order valence-corrected chi connectivity index (χ4v) is 5.73. The Morgan fingerprint density at radius 3 is 2.64 bits per heavy atom. The van der Waals surface area contributed by atoms with E-state index in [9.17, 15) is 22.0 Å². The van der Waals surface area contributed by atoms with Crippen LogP contribution in [0.1, 0.15) is 12.8 Å². The summed E-state index contributed by atoms with van der Waals surface area (Å²) < 4.78 is 54.3. The van der Waals surface area contributed by atoms with Gasteiger partial charge in [0.15, 0.2) is 5.13 Å². The Bertz CT molecular complexity index is 1150. The van der Waals surface area contributed by atoms with Gasteiger partial charge in [-0.15, -0.1) is 0 Å². The zero-order valence-electron chi connectivity index (χ0n) is 14.4. The molecule has 0 radical (unpaired) electrons. The minimum absolute atomic E-state index is 0.0735. The second kappa shape index (κ2) is 7.19. The van der Waals surface area contributed by atoms with Crippen LogP contribution in [0, 0.1) is 11.6 Å². The van der Waals surface area contributed by atoms with Gasteiger partial charge in [0.2, 0.25) is 15.9 Å². The van der Waals surface area contributed by atoms with Crippen molar-refractivity contribution in [2.24, 2.45) is 0 Å². The molecule has 1 aliphatic heterocycles. The number of amides is 1. The maximum Gasteiger partial charge on any atom is 0.244 e. The first kappa shape index (κ1) is 18.9. The van der Waals surface area contributed by atoms with Gasteiger partial charge < -0.3 is 5.32 Å². The first-order valence-electron chi connectivity index (χ1n) is 8.49. The molecule has 4 rings (SSSR count). The van der Waals surface area contributed by atoms with E-state index in [1.165, 1.54) is 18.2 Å². The summed E-state index contributed by atoms with van der Waals surface area (Å²) in [5, 5.41) is 2.80. The van der Waals surface area contributed by atoms with Gasteiger partial charge in [0.25, 0.3) is 0 Å². The van der Waals surface area contributed by atoms with Gasteiger partial charge in [-0.2, -0.15) is 4.31 Å². The van der Waals surface area contributed by atoms with Crippen LogP contribution in [0.5, 0.6) is 0 Å². The molecule has 2 aromatic carbocycles. The van der Waals surface area contributed by atoms with E-state index < -0.39 is 33.6 Å². The number of benzene rings is 2. The van der Waals surface area contributed by atoms with Crippen molar-refractivity contribution in [2.45, 2.75) is 23.8 Å². The monoisotopic (exact) mass is 423 g/mol. The Morgan fingerprint density at radius 1 is 1.18 bits per heavy atom. The standard InChI is InChI=1S/C18H15F2N3O3S2/c19-11-6-8-12(9-7-11)28(25,26)23-10-2-4-14(23)17(24)22-18-21-16-13(20)3-1-5-15(16)27-18/h1,3,5-9,14H,2,4,10H2,(H,21,22,24). The number of rotatable bonds is 4. The Kier molecular flexibility index (Phi) is 4.86. The molecular weight excluding hydrogens is 408 g/mol. The highest BCUT2D eigenvalue weighted by Gasteiger charge is 2.39. The lowest BCUT2D eigenvalue weighted by molar-refractivity contribution is -0.119. The van der Waals surface area contributed by atoms with Gasteiger partial charge in [-0.3, -0.25) is 4.79 Å². The lowest BCUT2D eigenvalue weighted by Gasteiger charge is -2.23. The SMILES string of the molecule is O=C(Nc1nc2c(F)cccc2s1)C1CCCN1S(=O)(=O)c1ccc(F)cc1. The number of hydrogen-bond acceptors (Lipinski definition) is 5. The number of anilines is 1. The highest BCUT2D eigenvalue weighted by atomic mass is 32.2. The Morgan fingerprint density at radius 2 is 1.93 bits per heavy atom. The molecule has 10 heteroatoms. The van der Waals surface area contributed by atoms with E-state index in [2.05, 4.69) is 10.3 Å². The molecule has 1 unspecified atom stereocenters. The molecule has 1 N–H and O–H groups in total. The van der Waals surface area contributed by atoms with Gasteiger partial charge >= 0.3 is 0 Å². The second-order valence-electron chi connectivity index (χ2n) is 6.32. The van der Waals surface area contributed by atoms with E-state index in [0.717, 1.165) is 27.8 Å². The van der Waals surface area contributed by atoms with E-state index in [-0.39, 0.29) is 22.1 Å². The number of thiazole rings is 1. The number of nitrogens with zero attached hydrogens (tertiary/aromatic N) is 2. The third-order valence-electron chi connectivity index (χ3n) is 4.53. The van der Waals surface area contributed by atoms with Crippen molar-refractivity contribution in [1.82, 2.24) is 9.29 Å². The molecule has 146 valence electrons. The van der Waals surface area contributed by atoms with Crippen LogP contribution in [0.4, 0.5) is 13.9 Å². The van der Waals surface area contributed by atoms with Crippen molar-refractivity contribution in [2.75, 3.05) is 11.9 Å². The Balaban J connectivity index is 1.57. The largest absolute Gasteiger partial charge is 0.301 e. The molecule has 1 atom stereocenters. The highest BCUT2D eigenvalue weighted by molar-refractivity contribution is 7.89. The molecule has 3 aromatic rings. The molecule has 0 saturated carbocycles. The fourth-order valence-electron chi connectivity index (χ4n) is 3.19. The smallest absolute Gasteiger partial charge is 0.244 e. The van der Waals surface area contributed by atoms with Gasteiger partial charge in [0.1, 0.15) is 23.2 Å². The average Bonchev–Trinajstić information content (AvgIpc) is 3.30. The number of carbonyl (C=O) groups is 1. The lowest BCUT2D eigenvalue weighted by Crippen LogP contribution is -2.43. The van der Waals surface area contributed by atoms with Crippen molar-refractivity contribution in [3.63, 3.8) is 0 Å². The van der Waals surface area contributed by atoms with Crippen LogP contribution in [-0.4, -0.2) is 36.2 Å². The van der Waals surface area contributed by atoms with Crippen LogP contribution >= 0.6 is 11.3 Å². The van der Waals surface area contributed by atoms with Crippen molar-refractivity contribution in [3.8, 4) is 0 Å². The summed E-state index contributed by atoms with van der Waals surface area (Å²) in [6.45, 7) is 0.187. The minimum atomic E-state index is -3.94. The number of halogens is 2. The molecule has 1 fully saturated rings. The van der Waals surface area contributed by atoms with Gasteiger partial charge in [-0.25, -0.2) is 22.2 Å². The minimum Gasteiger partial charge on any atom is -0.301 e. The number of fused-ring (bicyclic) bond motifs is 1. The number of nitrogens with one attached hydrogen (secondary N) is 1. The van der Waals surface area contributed by atoms with Gasteiger partial charge in [-0.05, 0) is 49.2 Å². The van der Waals surface area contributed by atoms with E-state index >= 15 is 0 Å². The van der Waals surface area contributed by atoms with E-state index in [0.29, 0.717) is 17.5 Å². The van der Waals surface area contributed by atoms with Crippen LogP contribution in [0.15, 0.2) is 47.4 Å². The van der Waals surface area contributed by atoms with E-state index in [1.807, 2.05) is 0 Å². The molecule has 2 heterocycles. The Labute approximate surface area is 163 Å². The second-order valence-corrected chi connectivity index (χ2v) is 9.24. The number of aromatic nitrogens is 1. The zero-order chi connectivity index (χ0) is 19.9. The summed E-state index contributed by atoms with van der Waals surface area (Å²) in [6, 6.07) is 8.08. The third kappa shape index (κ3) is 3.38. The Hall–Kier alpha value is -2.43. The molecule has 1 saturated heterocycles. The molecule has 0 aliphatic carbocycles. The van der Waals surface area contributed by atoms with Crippen molar-refractivity contribution < 1.29 is 22.0 Å². The number of para-hydroxylation sites is 1. The molecular formula is C18H15F2N3O3S2. The van der Waals surface area contributed by atoms with Crippen molar-refractivity contribution in [3.05, 3.63) is 54.1 Å². The molecule has 28 heavy (non-hydrogen) atoms. The first-order chi connectivity index (χ1) is 13.4. The molecule has 1 amide bonds. The van der Waals surface area contributed by atoms with Crippen molar-refractivity contribution >= 4 is 42.6 Å². The molecule has 0 bridgehead atoms. The van der Waals surface area contributed by atoms with Gasteiger partial charge in [-0.1, -0.05) is 17.4 Å². The molecule has 0 spiro atoms. The van der Waals surface area contributed by atoms with Crippen LogP contribution in [0.2, 0.25) is 0 Å². The maximum absolute atomic E-state index is 13.8. The lowest BCUT2D eigenvalue weighted by atomic mass is 10.2. The van der Waals surface area contributed by atoms with Gasteiger partial charge in [0.05, 0.1) is 9.60 Å². The normalized spacial score (nSPS) is 17.9. The predicted octanol–water partition coefficient (Wildman–Crippen LogP) is 3.37. The average molecular weight is 423 g/mol. The summed E-state index contributed by atoms with van der Waals surface area (Å²) >= 11 is 1.11. The summed E-state index contributed by atoms with van der Waals surface area (Å²) in [6.07, 6.45) is 0.874. The molecule has 1 aliphatic rings. The topological polar surface area (TPSA) is 79.4 Å². The maximum atomic E-state index is 13.8. The zero-order valence-corrected chi connectivity index (χ0v) is 16.1. The van der Waals surface area contributed by atoms with Crippen LogP contribution in [0.25, 0.3) is 10.2 Å². The summed E-state index contributed by atoms with van der Waals surface area (Å²) in [5.41, 5.74) is 0.157. The summed E-state index contributed by atoms with van der Waals surface area (Å²) in [4.78, 5) is 16.7. The quantitative estimate of drug-likeness (QED) is 0.698. The number of carbonyl (C=O) groups excluding carboxylic acids is 1. The van der Waals surface area contributed by atoms with E-state index in [1.54, 1.807) is 12.1 Å². The first-order valence-corrected chi connectivity index (χ1v) is 10.8. The van der Waals surface area contributed by atoms with E-state index in [4.69, 9.17) is 0 Å². The summed E-state index contributed by atoms with van der Waals surface area (Å²) in [5.74, 6) is -1.56. The van der Waals surface area contributed by atoms with Crippen LogP contribution < -0.4 is 5.32 Å². The van der Waals surface area contributed by atoms with Crippen LogP contribution in [-0.2, 0) is 14.8 Å². The number of hydrogen-bond donors (Lipinski definition) is 1. The van der Waals surface area contributed by atoms with Crippen LogP contribution in [0.3, 0.4) is 0 Å². The predicted molar refractivity (Wildman–Crippen MR) is 102 cm³/mol.